The maximum atomic E-state index is 9.84. The Morgan fingerprint density at radius 3 is 2.20 bits per heavy atom. The van der Waals surface area contributed by atoms with Gasteiger partial charge in [-0.25, -0.2) is 0 Å². The molecule has 0 bridgehead atoms. The summed E-state index contributed by atoms with van der Waals surface area (Å²) in [4.78, 5) is 0. The molecule has 2 nitrogen and oxygen atoms in total. The molecule has 0 heterocycles. The van der Waals surface area contributed by atoms with Gasteiger partial charge in [0.05, 0.1) is 12.2 Å². The molecule has 2 atom stereocenters. The van der Waals surface area contributed by atoms with Crippen molar-refractivity contribution in [3.8, 4) is 0 Å². The van der Waals surface area contributed by atoms with Crippen LogP contribution < -0.4 is 0 Å². The molecule has 0 saturated carbocycles. The van der Waals surface area contributed by atoms with E-state index in [1.165, 1.54) is 0 Å². The van der Waals surface area contributed by atoms with Crippen LogP contribution in [0.25, 0.3) is 0 Å². The van der Waals surface area contributed by atoms with Crippen molar-refractivity contribution in [3.63, 3.8) is 0 Å². The topological polar surface area (TPSA) is 29.5 Å². The Morgan fingerprint density at radius 2 is 1.73 bits per heavy atom. The van der Waals surface area contributed by atoms with E-state index in [4.69, 9.17) is 4.43 Å². The first-order chi connectivity index (χ1) is 6.74. The summed E-state index contributed by atoms with van der Waals surface area (Å²) in [5.41, 5.74) is 0. The Hall–Kier alpha value is -0.123. The first-order valence-electron chi connectivity index (χ1n) is 5.75. The normalized spacial score (nSPS) is 28.1. The van der Waals surface area contributed by atoms with E-state index in [1.807, 2.05) is 6.08 Å². The second kappa shape index (κ2) is 4.40. The Morgan fingerprint density at radius 1 is 1.20 bits per heavy atom. The molecule has 88 valence electrons. The third kappa shape index (κ3) is 3.16. The third-order valence-electron chi connectivity index (χ3n) is 3.59. The number of rotatable bonds is 2. The van der Waals surface area contributed by atoms with E-state index in [1.54, 1.807) is 0 Å². The fourth-order valence-electron chi connectivity index (χ4n) is 1.46. The van der Waals surface area contributed by atoms with Gasteiger partial charge in [-0.15, -0.1) is 0 Å². The highest BCUT2D eigenvalue weighted by atomic mass is 28.4. The molecule has 0 saturated heterocycles. The molecule has 1 N–H and O–H groups in total. The van der Waals surface area contributed by atoms with Crippen LogP contribution in [0.4, 0.5) is 0 Å². The fourth-order valence-corrected chi connectivity index (χ4v) is 2.82. The van der Waals surface area contributed by atoms with Gasteiger partial charge in [0.15, 0.2) is 8.32 Å². The number of hydrogen-bond acceptors (Lipinski definition) is 2. The number of hydrogen-bond donors (Lipinski definition) is 1. The molecule has 0 amide bonds. The van der Waals surface area contributed by atoms with Crippen molar-refractivity contribution in [2.75, 3.05) is 0 Å². The van der Waals surface area contributed by atoms with E-state index in [0.717, 1.165) is 12.8 Å². The van der Waals surface area contributed by atoms with E-state index < -0.39 is 8.32 Å². The molecular weight excluding hydrogens is 204 g/mol. The van der Waals surface area contributed by atoms with Crippen LogP contribution in [-0.2, 0) is 4.43 Å². The van der Waals surface area contributed by atoms with Gasteiger partial charge in [-0.1, -0.05) is 32.9 Å². The molecule has 0 aromatic heterocycles. The van der Waals surface area contributed by atoms with E-state index in [2.05, 4.69) is 39.9 Å². The Kier molecular flexibility index (Phi) is 3.79. The Balaban J connectivity index is 2.64. The molecule has 0 aliphatic heterocycles. The van der Waals surface area contributed by atoms with Crippen molar-refractivity contribution < 1.29 is 9.53 Å². The molecule has 0 radical (unpaired) electrons. The molecule has 0 unspecified atom stereocenters. The van der Waals surface area contributed by atoms with E-state index in [0.29, 0.717) is 0 Å². The minimum atomic E-state index is -1.73. The molecule has 0 aromatic carbocycles. The molecule has 0 spiro atoms. The Bertz CT molecular complexity index is 240. The quantitative estimate of drug-likeness (QED) is 0.581. The van der Waals surface area contributed by atoms with Crippen LogP contribution in [-0.4, -0.2) is 25.6 Å². The van der Waals surface area contributed by atoms with Gasteiger partial charge in [0, 0.05) is 0 Å². The largest absolute Gasteiger partial charge is 0.411 e. The summed E-state index contributed by atoms with van der Waals surface area (Å²) in [6.45, 7) is 11.1. The van der Waals surface area contributed by atoms with Crippen molar-refractivity contribution in [3.05, 3.63) is 12.2 Å². The molecule has 15 heavy (non-hydrogen) atoms. The average molecular weight is 228 g/mol. The van der Waals surface area contributed by atoms with Gasteiger partial charge in [-0.2, -0.15) is 0 Å². The summed E-state index contributed by atoms with van der Waals surface area (Å²) in [6.07, 6.45) is 5.44. The zero-order valence-corrected chi connectivity index (χ0v) is 11.6. The van der Waals surface area contributed by atoms with Crippen LogP contribution in [0.2, 0.25) is 18.1 Å². The van der Waals surface area contributed by atoms with Crippen LogP contribution in [0, 0.1) is 0 Å². The molecule has 1 rings (SSSR count). The van der Waals surface area contributed by atoms with E-state index in [-0.39, 0.29) is 17.2 Å². The minimum absolute atomic E-state index is 0.0101. The van der Waals surface area contributed by atoms with Crippen molar-refractivity contribution in [2.45, 2.75) is 64.0 Å². The SMILES string of the molecule is CC(C)(C)[Si](C)(C)O[C@@H]1CC=CC[C@@H]1O. The van der Waals surface area contributed by atoms with Crippen molar-refractivity contribution in [2.24, 2.45) is 0 Å². The molecule has 1 aliphatic rings. The van der Waals surface area contributed by atoms with Gasteiger partial charge in [0.25, 0.3) is 0 Å². The number of aliphatic hydroxyl groups is 1. The monoisotopic (exact) mass is 228 g/mol. The first kappa shape index (κ1) is 12.9. The summed E-state index contributed by atoms with van der Waals surface area (Å²) < 4.78 is 6.19. The summed E-state index contributed by atoms with van der Waals surface area (Å²) >= 11 is 0. The summed E-state index contributed by atoms with van der Waals surface area (Å²) in [5.74, 6) is 0. The molecule has 0 aromatic rings. The van der Waals surface area contributed by atoms with E-state index in [9.17, 15) is 5.11 Å². The lowest BCUT2D eigenvalue weighted by molar-refractivity contribution is 0.0269. The van der Waals surface area contributed by atoms with Gasteiger partial charge in [-0.3, -0.25) is 0 Å². The third-order valence-corrected chi connectivity index (χ3v) is 8.10. The average Bonchev–Trinajstić information content (AvgIpc) is 2.06. The van der Waals surface area contributed by atoms with Gasteiger partial charge >= 0.3 is 0 Å². The highest BCUT2D eigenvalue weighted by molar-refractivity contribution is 6.74. The predicted molar refractivity (Wildman–Crippen MR) is 66.5 cm³/mol. The van der Waals surface area contributed by atoms with Gasteiger partial charge in [-0.05, 0) is 31.0 Å². The van der Waals surface area contributed by atoms with Gasteiger partial charge in [0.2, 0.25) is 0 Å². The second-order valence-electron chi connectivity index (χ2n) is 5.93. The van der Waals surface area contributed by atoms with Crippen molar-refractivity contribution in [1.82, 2.24) is 0 Å². The zero-order chi connectivity index (χ0) is 11.7. The smallest absolute Gasteiger partial charge is 0.192 e. The van der Waals surface area contributed by atoms with Crippen molar-refractivity contribution >= 4 is 8.32 Å². The molecular formula is C12H24O2Si. The van der Waals surface area contributed by atoms with Gasteiger partial charge < -0.3 is 9.53 Å². The maximum Gasteiger partial charge on any atom is 0.192 e. The summed E-state index contributed by atoms with van der Waals surface area (Å²) in [7, 11) is -1.73. The fraction of sp³-hybridized carbons (Fsp3) is 0.833. The molecule has 3 heteroatoms. The van der Waals surface area contributed by atoms with Crippen LogP contribution >= 0.6 is 0 Å². The highest BCUT2D eigenvalue weighted by Gasteiger charge is 2.40. The number of aliphatic hydroxyl groups excluding tert-OH is 1. The standard InChI is InChI=1S/C12H24O2Si/c1-12(2,3)15(4,5)14-11-9-7-6-8-10(11)13/h6-7,10-11,13H,8-9H2,1-5H3/t10-,11+/m0/s1. The lowest BCUT2D eigenvalue weighted by atomic mass is 10.0. The second-order valence-corrected chi connectivity index (χ2v) is 10.7. The Labute approximate surface area is 94.5 Å². The van der Waals surface area contributed by atoms with Crippen LogP contribution in [0.3, 0.4) is 0 Å². The maximum absolute atomic E-state index is 9.84. The lowest BCUT2D eigenvalue weighted by Gasteiger charge is -2.40. The summed E-state index contributed by atoms with van der Waals surface area (Å²) in [6, 6.07) is 0. The highest BCUT2D eigenvalue weighted by Crippen LogP contribution is 2.38. The lowest BCUT2D eigenvalue weighted by Crippen LogP contribution is -2.47. The van der Waals surface area contributed by atoms with Gasteiger partial charge in [0.1, 0.15) is 0 Å². The zero-order valence-electron chi connectivity index (χ0n) is 10.6. The summed E-state index contributed by atoms with van der Waals surface area (Å²) in [5, 5.41) is 10.1. The van der Waals surface area contributed by atoms with E-state index >= 15 is 0 Å². The predicted octanol–water partition coefficient (Wildman–Crippen LogP) is 3.09. The molecule has 0 fully saturated rings. The first-order valence-corrected chi connectivity index (χ1v) is 8.66. The minimum Gasteiger partial charge on any atom is -0.411 e. The van der Waals surface area contributed by atoms with Crippen molar-refractivity contribution in [1.29, 1.82) is 0 Å². The van der Waals surface area contributed by atoms with Crippen LogP contribution in [0.15, 0.2) is 12.2 Å². The van der Waals surface area contributed by atoms with Crippen LogP contribution in [0.5, 0.6) is 0 Å². The van der Waals surface area contributed by atoms with Crippen LogP contribution in [0.1, 0.15) is 33.6 Å². The molecule has 1 aliphatic carbocycles.